The van der Waals surface area contributed by atoms with Crippen molar-refractivity contribution in [3.63, 3.8) is 0 Å². The van der Waals surface area contributed by atoms with Crippen LogP contribution in [0, 0.1) is 0 Å². The molecule has 0 saturated heterocycles. The molecule has 3 heteroatoms. The standard InChI is InChI=1S/C16H25NO2/c1-4-5-6-7-8-9-10-17-14-11-15(18-2)13-16(12-14)19-3/h10-13H,4-9H2,1-3H3/p+1. The van der Waals surface area contributed by atoms with Crippen molar-refractivity contribution in [3.05, 3.63) is 18.2 Å². The van der Waals surface area contributed by atoms with Crippen LogP contribution in [0.1, 0.15) is 45.4 Å². The molecule has 0 unspecified atom stereocenters. The molecule has 0 aromatic heterocycles. The van der Waals surface area contributed by atoms with Crippen LogP contribution < -0.4 is 14.5 Å². The number of ether oxygens (including phenoxy) is 2. The molecule has 0 fully saturated rings. The normalized spacial score (nSPS) is 10.9. The van der Waals surface area contributed by atoms with E-state index in [0.717, 1.165) is 23.6 Å². The molecule has 0 aliphatic carbocycles. The van der Waals surface area contributed by atoms with Crippen molar-refractivity contribution in [3.8, 4) is 11.5 Å². The Hall–Kier alpha value is -1.51. The first-order valence-corrected chi connectivity index (χ1v) is 7.11. The molecule has 0 aliphatic rings. The highest BCUT2D eigenvalue weighted by Gasteiger charge is 2.04. The summed E-state index contributed by atoms with van der Waals surface area (Å²) in [6.45, 7) is 2.24. The zero-order valence-electron chi connectivity index (χ0n) is 12.4. The van der Waals surface area contributed by atoms with Crippen molar-refractivity contribution < 1.29 is 14.5 Å². The third-order valence-corrected chi connectivity index (χ3v) is 3.07. The first-order chi connectivity index (χ1) is 9.30. The second-order valence-electron chi connectivity index (χ2n) is 4.65. The molecule has 1 N–H and O–H groups in total. The number of hydrogen-bond donors (Lipinski definition) is 1. The van der Waals surface area contributed by atoms with E-state index in [2.05, 4.69) is 18.1 Å². The minimum Gasteiger partial charge on any atom is -0.496 e. The second kappa shape index (κ2) is 9.42. The van der Waals surface area contributed by atoms with E-state index in [1.807, 2.05) is 18.2 Å². The molecule has 3 nitrogen and oxygen atoms in total. The summed E-state index contributed by atoms with van der Waals surface area (Å²) in [6, 6.07) is 5.81. The molecule has 106 valence electrons. The van der Waals surface area contributed by atoms with Crippen molar-refractivity contribution >= 4 is 11.9 Å². The summed E-state index contributed by atoms with van der Waals surface area (Å²) in [5.74, 6) is 1.61. The number of unbranched alkanes of at least 4 members (excludes halogenated alkanes) is 5. The average Bonchev–Trinajstić information content (AvgIpc) is 2.45. The van der Waals surface area contributed by atoms with E-state index >= 15 is 0 Å². The Morgan fingerprint density at radius 3 is 2.16 bits per heavy atom. The summed E-state index contributed by atoms with van der Waals surface area (Å²) in [4.78, 5) is 3.30. The number of hydrogen-bond acceptors (Lipinski definition) is 2. The first-order valence-electron chi connectivity index (χ1n) is 7.11. The Balaban J connectivity index is 2.42. The number of rotatable bonds is 9. The molecule has 1 rings (SSSR count). The Morgan fingerprint density at radius 2 is 1.58 bits per heavy atom. The summed E-state index contributed by atoms with van der Waals surface area (Å²) in [6.07, 6.45) is 9.74. The molecular formula is C16H26NO2+. The first kappa shape index (κ1) is 15.5. The maximum atomic E-state index is 5.24. The molecule has 0 heterocycles. The van der Waals surface area contributed by atoms with Crippen LogP contribution in [0.5, 0.6) is 11.5 Å². The molecular weight excluding hydrogens is 238 g/mol. The van der Waals surface area contributed by atoms with Gasteiger partial charge in [0.15, 0.2) is 0 Å². The van der Waals surface area contributed by atoms with Crippen molar-refractivity contribution in [1.29, 1.82) is 0 Å². The lowest BCUT2D eigenvalue weighted by molar-refractivity contribution is -0.349. The van der Waals surface area contributed by atoms with E-state index in [-0.39, 0.29) is 0 Å². The molecule has 0 bridgehead atoms. The predicted molar refractivity (Wildman–Crippen MR) is 79.6 cm³/mol. The lowest BCUT2D eigenvalue weighted by Crippen LogP contribution is -2.61. The monoisotopic (exact) mass is 264 g/mol. The number of benzene rings is 1. The highest BCUT2D eigenvalue weighted by Crippen LogP contribution is 2.22. The summed E-state index contributed by atoms with van der Waals surface area (Å²) < 4.78 is 10.5. The van der Waals surface area contributed by atoms with Gasteiger partial charge in [-0.2, -0.15) is 0 Å². The van der Waals surface area contributed by atoms with Crippen molar-refractivity contribution in [2.75, 3.05) is 14.2 Å². The van der Waals surface area contributed by atoms with Gasteiger partial charge in [0.05, 0.1) is 26.4 Å². The fourth-order valence-electron chi connectivity index (χ4n) is 1.93. The lowest BCUT2D eigenvalue weighted by Gasteiger charge is -2.02. The molecule has 0 amide bonds. The highest BCUT2D eigenvalue weighted by atomic mass is 16.5. The van der Waals surface area contributed by atoms with E-state index in [1.165, 1.54) is 32.1 Å². The summed E-state index contributed by atoms with van der Waals surface area (Å²) in [5.41, 5.74) is 1.00. The van der Waals surface area contributed by atoms with Gasteiger partial charge < -0.3 is 9.47 Å². The van der Waals surface area contributed by atoms with Crippen molar-refractivity contribution in [2.24, 2.45) is 0 Å². The second-order valence-corrected chi connectivity index (χ2v) is 4.65. The van der Waals surface area contributed by atoms with Crippen LogP contribution >= 0.6 is 0 Å². The minimum absolute atomic E-state index is 0.804. The van der Waals surface area contributed by atoms with Crippen LogP contribution in [0.25, 0.3) is 0 Å². The Kier molecular flexibility index (Phi) is 7.71. The van der Waals surface area contributed by atoms with Gasteiger partial charge in [-0.05, 0) is 6.42 Å². The molecule has 0 aliphatic heterocycles. The zero-order chi connectivity index (χ0) is 13.9. The van der Waals surface area contributed by atoms with E-state index in [4.69, 9.17) is 9.47 Å². The van der Waals surface area contributed by atoms with Crippen LogP contribution in [0.15, 0.2) is 18.2 Å². The molecule has 1 aromatic carbocycles. The SMILES string of the molecule is CCCCCCCC=[NH+]c1cc(OC)cc(OC)c1. The fourth-order valence-corrected chi connectivity index (χ4v) is 1.93. The zero-order valence-corrected chi connectivity index (χ0v) is 12.4. The van der Waals surface area contributed by atoms with E-state index in [9.17, 15) is 0 Å². The van der Waals surface area contributed by atoms with Gasteiger partial charge in [0.25, 0.3) is 0 Å². The maximum Gasteiger partial charge on any atom is 0.210 e. The van der Waals surface area contributed by atoms with Crippen molar-refractivity contribution in [1.82, 2.24) is 0 Å². The third kappa shape index (κ3) is 6.27. The van der Waals surface area contributed by atoms with Crippen molar-refractivity contribution in [2.45, 2.75) is 45.4 Å². The van der Waals surface area contributed by atoms with Gasteiger partial charge in [-0.3, -0.25) is 0 Å². The quantitative estimate of drug-likeness (QED) is 0.549. The Bertz CT molecular complexity index is 366. The van der Waals surface area contributed by atoms with Gasteiger partial charge in [-0.15, -0.1) is 0 Å². The van der Waals surface area contributed by atoms with E-state index < -0.39 is 0 Å². The average molecular weight is 264 g/mol. The van der Waals surface area contributed by atoms with Crippen LogP contribution in [0.3, 0.4) is 0 Å². The van der Waals surface area contributed by atoms with Crippen LogP contribution in [0.2, 0.25) is 0 Å². The predicted octanol–water partition coefficient (Wildman–Crippen LogP) is 2.85. The smallest absolute Gasteiger partial charge is 0.210 e. The molecule has 0 saturated carbocycles. The molecule has 1 aromatic rings. The summed E-state index contributed by atoms with van der Waals surface area (Å²) >= 11 is 0. The largest absolute Gasteiger partial charge is 0.496 e. The van der Waals surface area contributed by atoms with Crippen LogP contribution in [-0.2, 0) is 0 Å². The van der Waals surface area contributed by atoms with Gasteiger partial charge in [0.1, 0.15) is 17.7 Å². The number of methoxy groups -OCH3 is 2. The Labute approximate surface area is 116 Å². The Morgan fingerprint density at radius 1 is 0.947 bits per heavy atom. The van der Waals surface area contributed by atoms with Gasteiger partial charge >= 0.3 is 0 Å². The molecule has 19 heavy (non-hydrogen) atoms. The number of nitrogens with one attached hydrogen (secondary N) is 1. The topological polar surface area (TPSA) is 32.4 Å². The van der Waals surface area contributed by atoms with Gasteiger partial charge in [0.2, 0.25) is 5.69 Å². The van der Waals surface area contributed by atoms with E-state index in [0.29, 0.717) is 0 Å². The maximum absolute atomic E-state index is 5.24. The summed E-state index contributed by atoms with van der Waals surface area (Å²) in [5, 5.41) is 0. The van der Waals surface area contributed by atoms with Gasteiger partial charge in [0, 0.05) is 12.5 Å². The van der Waals surface area contributed by atoms with Gasteiger partial charge in [-0.25, -0.2) is 4.99 Å². The summed E-state index contributed by atoms with van der Waals surface area (Å²) in [7, 11) is 3.33. The van der Waals surface area contributed by atoms with Crippen LogP contribution in [0.4, 0.5) is 5.69 Å². The lowest BCUT2D eigenvalue weighted by atomic mass is 10.1. The van der Waals surface area contributed by atoms with Crippen LogP contribution in [-0.4, -0.2) is 20.4 Å². The molecule has 0 radical (unpaired) electrons. The third-order valence-electron chi connectivity index (χ3n) is 3.07. The fraction of sp³-hybridized carbons (Fsp3) is 0.562. The minimum atomic E-state index is 0.804. The highest BCUT2D eigenvalue weighted by molar-refractivity contribution is 5.53. The molecule has 0 atom stereocenters. The van der Waals surface area contributed by atoms with Gasteiger partial charge in [-0.1, -0.05) is 32.6 Å². The molecule has 0 spiro atoms. The van der Waals surface area contributed by atoms with E-state index in [1.54, 1.807) is 14.2 Å².